The molecule has 0 fully saturated rings. The van der Waals surface area contributed by atoms with E-state index in [0.717, 1.165) is 6.20 Å². The Morgan fingerprint density at radius 3 is 2.57 bits per heavy atom. The van der Waals surface area contributed by atoms with E-state index >= 15 is 0 Å². The molecular formula is C15H9N3O3. The van der Waals surface area contributed by atoms with Crippen LogP contribution in [0.3, 0.4) is 0 Å². The van der Waals surface area contributed by atoms with Gasteiger partial charge in [-0.1, -0.05) is 0 Å². The maximum atomic E-state index is 11.3. The first kappa shape index (κ1) is 14.0. The predicted octanol–water partition coefficient (Wildman–Crippen LogP) is 2.20. The minimum atomic E-state index is -1.17. The van der Waals surface area contributed by atoms with Crippen molar-refractivity contribution in [1.29, 1.82) is 10.5 Å². The highest BCUT2D eigenvalue weighted by Crippen LogP contribution is 2.33. The highest BCUT2D eigenvalue weighted by Gasteiger charge is 2.17. The lowest BCUT2D eigenvalue weighted by Crippen LogP contribution is -2.03. The van der Waals surface area contributed by atoms with Gasteiger partial charge < -0.3 is 9.84 Å². The van der Waals surface area contributed by atoms with E-state index < -0.39 is 5.97 Å². The van der Waals surface area contributed by atoms with Crippen LogP contribution in [0.15, 0.2) is 30.5 Å². The smallest absolute Gasteiger partial charge is 0.337 e. The zero-order valence-electron chi connectivity index (χ0n) is 11.0. The molecule has 21 heavy (non-hydrogen) atoms. The van der Waals surface area contributed by atoms with E-state index in [0.29, 0.717) is 16.9 Å². The van der Waals surface area contributed by atoms with Crippen LogP contribution in [0, 0.1) is 22.7 Å². The molecule has 6 nitrogen and oxygen atoms in total. The van der Waals surface area contributed by atoms with Gasteiger partial charge in [0.2, 0.25) is 0 Å². The van der Waals surface area contributed by atoms with Crippen molar-refractivity contribution < 1.29 is 14.6 Å². The van der Waals surface area contributed by atoms with Crippen molar-refractivity contribution in [2.24, 2.45) is 0 Å². The van der Waals surface area contributed by atoms with Crippen LogP contribution in [0.2, 0.25) is 0 Å². The van der Waals surface area contributed by atoms with Crippen molar-refractivity contribution in [3.05, 3.63) is 47.3 Å². The fourth-order valence-electron chi connectivity index (χ4n) is 1.90. The van der Waals surface area contributed by atoms with Crippen LogP contribution in [-0.2, 0) is 0 Å². The molecule has 1 aromatic heterocycles. The fraction of sp³-hybridized carbons (Fsp3) is 0.0667. The average Bonchev–Trinajstić information content (AvgIpc) is 2.53. The molecule has 0 saturated heterocycles. The molecule has 1 heterocycles. The average molecular weight is 279 g/mol. The molecule has 0 aliphatic rings. The summed E-state index contributed by atoms with van der Waals surface area (Å²) in [5.41, 5.74) is 1.08. The third-order valence-electron chi connectivity index (χ3n) is 2.87. The molecule has 1 aromatic carbocycles. The summed E-state index contributed by atoms with van der Waals surface area (Å²) in [5, 5.41) is 27.2. The quantitative estimate of drug-likeness (QED) is 0.922. The first-order chi connectivity index (χ1) is 10.1. The third-order valence-corrected chi connectivity index (χ3v) is 2.87. The second-order valence-electron chi connectivity index (χ2n) is 4.06. The number of carboxylic acids is 1. The number of carbonyl (C=O) groups is 1. The number of pyridine rings is 1. The van der Waals surface area contributed by atoms with Gasteiger partial charge in [0.05, 0.1) is 24.3 Å². The summed E-state index contributed by atoms with van der Waals surface area (Å²) in [6.45, 7) is 0. The zero-order chi connectivity index (χ0) is 15.4. The van der Waals surface area contributed by atoms with Crippen molar-refractivity contribution in [2.75, 3.05) is 7.11 Å². The van der Waals surface area contributed by atoms with Crippen LogP contribution in [0.25, 0.3) is 11.1 Å². The lowest BCUT2D eigenvalue weighted by molar-refractivity contribution is 0.0697. The van der Waals surface area contributed by atoms with Gasteiger partial charge in [0.15, 0.2) is 0 Å². The Bertz CT molecular complexity index is 801. The summed E-state index contributed by atoms with van der Waals surface area (Å²) in [6, 6.07) is 9.86. The Kier molecular flexibility index (Phi) is 3.83. The van der Waals surface area contributed by atoms with Gasteiger partial charge in [0, 0.05) is 17.3 Å². The van der Waals surface area contributed by atoms with Crippen LogP contribution in [0.4, 0.5) is 0 Å². The minimum Gasteiger partial charge on any atom is -0.496 e. The van der Waals surface area contributed by atoms with Crippen LogP contribution in [0.1, 0.15) is 21.6 Å². The number of nitrogens with zero attached hydrogens (tertiary/aromatic N) is 3. The topological polar surface area (TPSA) is 107 Å². The number of carboxylic acid groups (broad SMARTS) is 1. The first-order valence-corrected chi connectivity index (χ1v) is 5.82. The molecule has 0 spiro atoms. The Hall–Kier alpha value is -3.38. The zero-order valence-corrected chi connectivity index (χ0v) is 11.0. The monoisotopic (exact) mass is 279 g/mol. The predicted molar refractivity (Wildman–Crippen MR) is 72.6 cm³/mol. The largest absolute Gasteiger partial charge is 0.496 e. The van der Waals surface area contributed by atoms with Crippen LogP contribution in [0.5, 0.6) is 5.75 Å². The van der Waals surface area contributed by atoms with Gasteiger partial charge >= 0.3 is 5.97 Å². The van der Waals surface area contributed by atoms with Gasteiger partial charge in [0.1, 0.15) is 17.5 Å². The molecule has 102 valence electrons. The molecule has 0 amide bonds. The van der Waals surface area contributed by atoms with E-state index in [9.17, 15) is 9.90 Å². The molecule has 6 heteroatoms. The minimum absolute atomic E-state index is 0.0672. The number of nitriles is 2. The third kappa shape index (κ3) is 2.65. The highest BCUT2D eigenvalue weighted by molar-refractivity contribution is 5.97. The maximum Gasteiger partial charge on any atom is 0.337 e. The molecule has 0 bridgehead atoms. The second kappa shape index (κ2) is 5.72. The number of aromatic carboxylic acids is 1. The number of methoxy groups -OCH3 is 1. The molecule has 1 N–H and O–H groups in total. The molecule has 0 atom stereocenters. The molecule has 0 saturated carbocycles. The van der Waals surface area contributed by atoms with Crippen LogP contribution < -0.4 is 4.74 Å². The van der Waals surface area contributed by atoms with Crippen molar-refractivity contribution in [1.82, 2.24) is 4.98 Å². The van der Waals surface area contributed by atoms with E-state index in [2.05, 4.69) is 4.98 Å². The lowest BCUT2D eigenvalue weighted by Gasteiger charge is -2.11. The second-order valence-corrected chi connectivity index (χ2v) is 4.06. The summed E-state index contributed by atoms with van der Waals surface area (Å²) in [6.07, 6.45) is 1.12. The molecule has 0 aliphatic carbocycles. The number of rotatable bonds is 3. The van der Waals surface area contributed by atoms with E-state index in [4.69, 9.17) is 15.3 Å². The molecular weight excluding hydrogens is 270 g/mol. The molecule has 0 unspecified atom stereocenters. The number of ether oxygens (including phenoxy) is 1. The van der Waals surface area contributed by atoms with E-state index in [-0.39, 0.29) is 16.8 Å². The van der Waals surface area contributed by atoms with E-state index in [1.165, 1.54) is 19.2 Å². The van der Waals surface area contributed by atoms with Crippen LogP contribution >= 0.6 is 0 Å². The number of benzene rings is 1. The summed E-state index contributed by atoms with van der Waals surface area (Å²) >= 11 is 0. The Labute approximate surface area is 120 Å². The SMILES string of the molecule is COc1ccc(C#N)cc1-c1cc(C#N)ncc1C(=O)O. The maximum absolute atomic E-state index is 11.3. The van der Waals surface area contributed by atoms with Crippen molar-refractivity contribution >= 4 is 5.97 Å². The Morgan fingerprint density at radius 1 is 1.24 bits per heavy atom. The summed E-state index contributed by atoms with van der Waals surface area (Å²) in [4.78, 5) is 15.1. The summed E-state index contributed by atoms with van der Waals surface area (Å²) in [5.74, 6) is -0.766. The summed E-state index contributed by atoms with van der Waals surface area (Å²) < 4.78 is 5.20. The van der Waals surface area contributed by atoms with Gasteiger partial charge in [0.25, 0.3) is 0 Å². The first-order valence-electron chi connectivity index (χ1n) is 5.82. The van der Waals surface area contributed by atoms with Crippen molar-refractivity contribution in [2.45, 2.75) is 0 Å². The van der Waals surface area contributed by atoms with Gasteiger partial charge in [-0.25, -0.2) is 9.78 Å². The highest BCUT2D eigenvalue weighted by atomic mass is 16.5. The normalized spacial score (nSPS) is 9.48. The standard InChI is InChI=1S/C15H9N3O3/c1-21-14-3-2-9(6-16)4-12(14)11-5-10(7-17)18-8-13(11)15(19)20/h2-5,8H,1H3,(H,19,20). The number of hydrogen-bond acceptors (Lipinski definition) is 5. The molecule has 0 aliphatic heterocycles. The Balaban J connectivity index is 2.79. The molecule has 2 aromatic rings. The lowest BCUT2D eigenvalue weighted by atomic mass is 9.98. The van der Waals surface area contributed by atoms with Crippen LogP contribution in [-0.4, -0.2) is 23.2 Å². The van der Waals surface area contributed by atoms with Gasteiger partial charge in [-0.3, -0.25) is 0 Å². The number of hydrogen-bond donors (Lipinski definition) is 1. The van der Waals surface area contributed by atoms with E-state index in [1.54, 1.807) is 12.1 Å². The molecule has 0 radical (unpaired) electrons. The van der Waals surface area contributed by atoms with E-state index in [1.807, 2.05) is 12.1 Å². The summed E-state index contributed by atoms with van der Waals surface area (Å²) in [7, 11) is 1.44. The van der Waals surface area contributed by atoms with Crippen molar-refractivity contribution in [3.63, 3.8) is 0 Å². The Morgan fingerprint density at radius 2 is 2.00 bits per heavy atom. The van der Waals surface area contributed by atoms with Gasteiger partial charge in [-0.05, 0) is 24.3 Å². The van der Waals surface area contributed by atoms with Gasteiger partial charge in [-0.15, -0.1) is 0 Å². The molecule has 2 rings (SSSR count). The van der Waals surface area contributed by atoms with Gasteiger partial charge in [-0.2, -0.15) is 10.5 Å². The van der Waals surface area contributed by atoms with Crippen molar-refractivity contribution in [3.8, 4) is 29.0 Å². The fourth-order valence-corrected chi connectivity index (χ4v) is 1.90. The number of aromatic nitrogens is 1.